The summed E-state index contributed by atoms with van der Waals surface area (Å²) >= 11 is 0. The Morgan fingerprint density at radius 1 is 1.03 bits per heavy atom. The highest BCUT2D eigenvalue weighted by Gasteiger charge is 2.48. The number of carbonyl (C=O) groups excluding carboxylic acids is 2. The average molecular weight is 473 g/mol. The number of hydrogen-bond donors (Lipinski definition) is 2. The standard InChI is InChI=1S/C29H32N2O4/c1-3-7-27(33)30-22-12-14-23(15-13-22)31-28(21-10-16-24(35-2)17-11-21)25(29(31)34)18-19-26(32)20-8-5-4-6-9-20/h4-6,8-17,25-26,28,32H,3,7,18-19H2,1-2H3,(H,30,33)/t25?,26-,28?/m0/s1. The van der Waals surface area contributed by atoms with Gasteiger partial charge in [-0.25, -0.2) is 0 Å². The number of anilines is 2. The largest absolute Gasteiger partial charge is 0.497 e. The lowest BCUT2D eigenvalue weighted by Gasteiger charge is -2.48. The first kappa shape index (κ1) is 24.5. The van der Waals surface area contributed by atoms with Crippen LogP contribution < -0.4 is 15.0 Å². The molecule has 1 fully saturated rings. The van der Waals surface area contributed by atoms with E-state index in [0.717, 1.165) is 29.0 Å². The number of aliphatic hydroxyl groups excluding tert-OH is 1. The van der Waals surface area contributed by atoms with Gasteiger partial charge in [0, 0.05) is 17.8 Å². The van der Waals surface area contributed by atoms with Crippen molar-refractivity contribution in [2.45, 2.75) is 44.8 Å². The fourth-order valence-corrected chi connectivity index (χ4v) is 4.64. The summed E-state index contributed by atoms with van der Waals surface area (Å²) in [6, 6.07) is 24.6. The predicted octanol–water partition coefficient (Wildman–Crippen LogP) is 5.65. The Hall–Kier alpha value is -3.64. The molecule has 3 atom stereocenters. The second-order valence-corrected chi connectivity index (χ2v) is 8.88. The molecule has 0 bridgehead atoms. The lowest BCUT2D eigenvalue weighted by atomic mass is 9.78. The Balaban J connectivity index is 1.53. The normalized spacial score (nSPS) is 18.0. The molecule has 1 aliphatic heterocycles. The van der Waals surface area contributed by atoms with Crippen molar-refractivity contribution in [3.8, 4) is 5.75 Å². The summed E-state index contributed by atoms with van der Waals surface area (Å²) < 4.78 is 5.30. The summed E-state index contributed by atoms with van der Waals surface area (Å²) in [5.41, 5.74) is 3.37. The second kappa shape index (κ2) is 11.2. The van der Waals surface area contributed by atoms with E-state index < -0.39 is 6.10 Å². The van der Waals surface area contributed by atoms with Crippen molar-refractivity contribution in [1.29, 1.82) is 0 Å². The van der Waals surface area contributed by atoms with Gasteiger partial charge in [-0.2, -0.15) is 0 Å². The molecule has 1 saturated heterocycles. The van der Waals surface area contributed by atoms with Gasteiger partial charge in [-0.3, -0.25) is 9.59 Å². The molecule has 0 aliphatic carbocycles. The summed E-state index contributed by atoms with van der Waals surface area (Å²) in [4.78, 5) is 27.0. The van der Waals surface area contributed by atoms with Crippen LogP contribution in [-0.4, -0.2) is 24.0 Å². The first-order chi connectivity index (χ1) is 17.0. The molecule has 3 aromatic rings. The minimum Gasteiger partial charge on any atom is -0.497 e. The molecule has 3 aromatic carbocycles. The van der Waals surface area contributed by atoms with E-state index in [9.17, 15) is 14.7 Å². The molecule has 182 valence electrons. The number of nitrogens with one attached hydrogen (secondary N) is 1. The number of methoxy groups -OCH3 is 1. The van der Waals surface area contributed by atoms with Gasteiger partial charge in [-0.15, -0.1) is 0 Å². The van der Waals surface area contributed by atoms with E-state index in [0.29, 0.717) is 24.9 Å². The zero-order chi connectivity index (χ0) is 24.8. The molecular formula is C29H32N2O4. The molecule has 0 spiro atoms. The topological polar surface area (TPSA) is 78.9 Å². The quantitative estimate of drug-likeness (QED) is 0.374. The van der Waals surface area contributed by atoms with E-state index in [1.807, 2.05) is 85.8 Å². The van der Waals surface area contributed by atoms with Gasteiger partial charge in [0.1, 0.15) is 5.75 Å². The Labute approximate surface area is 206 Å². The van der Waals surface area contributed by atoms with Crippen LogP contribution in [0.1, 0.15) is 55.9 Å². The van der Waals surface area contributed by atoms with Gasteiger partial charge in [0.2, 0.25) is 11.8 Å². The zero-order valence-corrected chi connectivity index (χ0v) is 20.2. The molecule has 2 unspecified atom stereocenters. The maximum Gasteiger partial charge on any atom is 0.233 e. The van der Waals surface area contributed by atoms with Gasteiger partial charge < -0.3 is 20.1 Å². The van der Waals surface area contributed by atoms with Crippen LogP contribution >= 0.6 is 0 Å². The number of amides is 2. The molecular weight excluding hydrogens is 440 g/mol. The molecule has 6 heteroatoms. The van der Waals surface area contributed by atoms with Crippen molar-refractivity contribution >= 4 is 23.2 Å². The van der Waals surface area contributed by atoms with Crippen molar-refractivity contribution in [2.75, 3.05) is 17.3 Å². The van der Waals surface area contributed by atoms with Crippen LogP contribution in [0.4, 0.5) is 11.4 Å². The molecule has 35 heavy (non-hydrogen) atoms. The number of β-lactam (4-membered cyclic amide) rings is 1. The van der Waals surface area contributed by atoms with E-state index in [1.165, 1.54) is 0 Å². The van der Waals surface area contributed by atoms with Crippen molar-refractivity contribution in [1.82, 2.24) is 0 Å². The number of aliphatic hydroxyl groups is 1. The molecule has 2 amide bonds. The third-order valence-corrected chi connectivity index (χ3v) is 6.51. The molecule has 1 heterocycles. The van der Waals surface area contributed by atoms with E-state index >= 15 is 0 Å². The number of ether oxygens (including phenoxy) is 1. The third-order valence-electron chi connectivity index (χ3n) is 6.51. The third kappa shape index (κ3) is 5.54. The Bertz CT molecular complexity index is 1130. The monoisotopic (exact) mass is 472 g/mol. The van der Waals surface area contributed by atoms with Crippen LogP contribution in [0.3, 0.4) is 0 Å². The minimum atomic E-state index is -0.611. The maximum atomic E-state index is 13.3. The highest BCUT2D eigenvalue weighted by Crippen LogP contribution is 2.46. The van der Waals surface area contributed by atoms with Crippen LogP contribution in [-0.2, 0) is 9.59 Å². The van der Waals surface area contributed by atoms with E-state index in [4.69, 9.17) is 4.74 Å². The average Bonchev–Trinajstić information content (AvgIpc) is 2.89. The van der Waals surface area contributed by atoms with Crippen molar-refractivity contribution < 1.29 is 19.4 Å². The van der Waals surface area contributed by atoms with Crippen LogP contribution in [0.25, 0.3) is 0 Å². The van der Waals surface area contributed by atoms with Gasteiger partial charge in [0.05, 0.1) is 25.2 Å². The number of nitrogens with zero attached hydrogens (tertiary/aromatic N) is 1. The fourth-order valence-electron chi connectivity index (χ4n) is 4.64. The summed E-state index contributed by atoms with van der Waals surface area (Å²) in [6.07, 6.45) is 1.73. The van der Waals surface area contributed by atoms with Crippen molar-refractivity contribution in [3.63, 3.8) is 0 Å². The zero-order valence-electron chi connectivity index (χ0n) is 20.2. The predicted molar refractivity (Wildman–Crippen MR) is 137 cm³/mol. The van der Waals surface area contributed by atoms with Gasteiger partial charge in [0.15, 0.2) is 0 Å². The van der Waals surface area contributed by atoms with Crippen molar-refractivity contribution in [3.05, 3.63) is 90.0 Å². The highest BCUT2D eigenvalue weighted by atomic mass is 16.5. The van der Waals surface area contributed by atoms with Crippen LogP contribution in [0, 0.1) is 5.92 Å². The SMILES string of the molecule is CCCC(=O)Nc1ccc(N2C(=O)C(CC[C@H](O)c3ccccc3)C2c2ccc(OC)cc2)cc1. The molecule has 4 rings (SSSR count). The Morgan fingerprint density at radius 3 is 2.34 bits per heavy atom. The first-order valence-electron chi connectivity index (χ1n) is 12.1. The van der Waals surface area contributed by atoms with Crippen LogP contribution in [0.15, 0.2) is 78.9 Å². The highest BCUT2D eigenvalue weighted by molar-refractivity contribution is 6.03. The molecule has 0 radical (unpaired) electrons. The van der Waals surface area contributed by atoms with E-state index in [2.05, 4.69) is 5.32 Å². The van der Waals surface area contributed by atoms with Crippen molar-refractivity contribution in [2.24, 2.45) is 5.92 Å². The minimum absolute atomic E-state index is 0.0200. The lowest BCUT2D eigenvalue weighted by Crippen LogP contribution is -2.55. The summed E-state index contributed by atoms with van der Waals surface area (Å²) in [7, 11) is 1.63. The summed E-state index contributed by atoms with van der Waals surface area (Å²) in [6.45, 7) is 1.97. The Kier molecular flexibility index (Phi) is 7.83. The van der Waals surface area contributed by atoms with Crippen LogP contribution in [0.2, 0.25) is 0 Å². The number of hydrogen-bond acceptors (Lipinski definition) is 4. The molecule has 0 aromatic heterocycles. The van der Waals surface area contributed by atoms with Crippen LogP contribution in [0.5, 0.6) is 5.75 Å². The van der Waals surface area contributed by atoms with E-state index in [-0.39, 0.29) is 23.8 Å². The summed E-state index contributed by atoms with van der Waals surface area (Å²) in [5.74, 6) is 0.544. The maximum absolute atomic E-state index is 13.3. The molecule has 0 saturated carbocycles. The first-order valence-corrected chi connectivity index (χ1v) is 12.1. The molecule has 6 nitrogen and oxygen atoms in total. The fraction of sp³-hybridized carbons (Fsp3) is 0.310. The second-order valence-electron chi connectivity index (χ2n) is 8.88. The van der Waals surface area contributed by atoms with Gasteiger partial charge in [0.25, 0.3) is 0 Å². The molecule has 1 aliphatic rings. The Morgan fingerprint density at radius 2 is 1.71 bits per heavy atom. The number of carbonyl (C=O) groups is 2. The van der Waals surface area contributed by atoms with Gasteiger partial charge in [-0.1, -0.05) is 49.4 Å². The van der Waals surface area contributed by atoms with Gasteiger partial charge in [-0.05, 0) is 66.8 Å². The van der Waals surface area contributed by atoms with E-state index in [1.54, 1.807) is 12.0 Å². The summed E-state index contributed by atoms with van der Waals surface area (Å²) in [5, 5.41) is 13.5. The smallest absolute Gasteiger partial charge is 0.233 e. The van der Waals surface area contributed by atoms with Gasteiger partial charge >= 0.3 is 0 Å². The lowest BCUT2D eigenvalue weighted by molar-refractivity contribution is -0.131. The number of benzene rings is 3. The molecule has 2 N–H and O–H groups in total. The number of rotatable bonds is 10.